The molecule has 0 saturated carbocycles. The average Bonchev–Trinajstić information content (AvgIpc) is 3.01. The molecule has 2 N–H and O–H groups in total. The molecule has 0 aliphatic carbocycles. The zero-order valence-electron chi connectivity index (χ0n) is 14.0. The molecule has 0 radical (unpaired) electrons. The number of rotatable bonds is 6. The second-order valence-corrected chi connectivity index (χ2v) is 6.39. The maximum atomic E-state index is 12.3. The summed E-state index contributed by atoms with van der Waals surface area (Å²) in [5.41, 5.74) is 1.80. The molecule has 1 heterocycles. The number of aromatic nitrogens is 3. The number of nitrogens with one attached hydrogen (secondary N) is 2. The maximum absolute atomic E-state index is 12.3. The predicted octanol–water partition coefficient (Wildman–Crippen LogP) is 3.59. The van der Waals surface area contributed by atoms with Crippen molar-refractivity contribution in [2.45, 2.75) is 13.1 Å². The summed E-state index contributed by atoms with van der Waals surface area (Å²) in [5, 5.41) is 10.5. The van der Waals surface area contributed by atoms with E-state index in [1.807, 2.05) is 36.4 Å². The normalized spacial score (nSPS) is 10.5. The van der Waals surface area contributed by atoms with E-state index in [1.165, 1.54) is 0 Å². The van der Waals surface area contributed by atoms with Gasteiger partial charge in [-0.3, -0.25) is 14.5 Å². The number of aromatic amines is 1. The zero-order chi connectivity index (χ0) is 18.5. The Kier molecular flexibility index (Phi) is 5.70. The van der Waals surface area contributed by atoms with Crippen LogP contribution in [0.1, 0.15) is 5.56 Å². The molecule has 0 saturated heterocycles. The first-order chi connectivity index (χ1) is 12.6. The first kappa shape index (κ1) is 18.2. The molecule has 3 rings (SSSR count). The lowest BCUT2D eigenvalue weighted by molar-refractivity contribution is -0.121. The van der Waals surface area contributed by atoms with Crippen LogP contribution in [0.4, 0.5) is 0 Å². The maximum Gasteiger partial charge on any atom is 0.240 e. The lowest BCUT2D eigenvalue weighted by atomic mass is 10.2. The molecule has 134 valence electrons. The molecule has 0 aliphatic rings. The SMILES string of the molecule is COc1ccc(CNC(=O)Cn2c(-c3ccc(Cl)cc3)n[nH]c2=S)cc1. The molecule has 3 aromatic rings. The second kappa shape index (κ2) is 8.16. The van der Waals surface area contributed by atoms with E-state index in [4.69, 9.17) is 28.6 Å². The van der Waals surface area contributed by atoms with Gasteiger partial charge in [0, 0.05) is 17.1 Å². The van der Waals surface area contributed by atoms with Gasteiger partial charge in [-0.25, -0.2) is 0 Å². The second-order valence-electron chi connectivity index (χ2n) is 5.57. The first-order valence-electron chi connectivity index (χ1n) is 7.87. The van der Waals surface area contributed by atoms with Gasteiger partial charge in [-0.2, -0.15) is 5.10 Å². The van der Waals surface area contributed by atoms with Gasteiger partial charge in [-0.05, 0) is 54.2 Å². The summed E-state index contributed by atoms with van der Waals surface area (Å²) in [7, 11) is 1.61. The predicted molar refractivity (Wildman–Crippen MR) is 103 cm³/mol. The molecule has 8 heteroatoms. The summed E-state index contributed by atoms with van der Waals surface area (Å²) in [6, 6.07) is 14.7. The third-order valence-corrected chi connectivity index (χ3v) is 4.37. The molecule has 0 aliphatic heterocycles. The molecular weight excluding hydrogens is 372 g/mol. The van der Waals surface area contributed by atoms with Crippen molar-refractivity contribution >= 4 is 29.7 Å². The molecular formula is C18H17ClN4O2S. The fraction of sp³-hybridized carbons (Fsp3) is 0.167. The van der Waals surface area contributed by atoms with Crippen molar-refractivity contribution in [3.63, 3.8) is 0 Å². The monoisotopic (exact) mass is 388 g/mol. The van der Waals surface area contributed by atoms with E-state index in [0.29, 0.717) is 22.2 Å². The number of H-pyrrole nitrogens is 1. The molecule has 0 unspecified atom stereocenters. The zero-order valence-corrected chi connectivity index (χ0v) is 15.6. The molecule has 6 nitrogen and oxygen atoms in total. The van der Waals surface area contributed by atoms with Crippen LogP contribution in [0, 0.1) is 4.77 Å². The van der Waals surface area contributed by atoms with Crippen molar-refractivity contribution in [2.24, 2.45) is 0 Å². The molecule has 2 aromatic carbocycles. The van der Waals surface area contributed by atoms with Crippen LogP contribution in [-0.2, 0) is 17.9 Å². The number of hydrogen-bond acceptors (Lipinski definition) is 4. The van der Waals surface area contributed by atoms with Crippen molar-refractivity contribution in [3.8, 4) is 17.1 Å². The van der Waals surface area contributed by atoms with E-state index in [9.17, 15) is 4.79 Å². The highest BCUT2D eigenvalue weighted by Crippen LogP contribution is 2.20. The smallest absolute Gasteiger partial charge is 0.240 e. The molecule has 1 amide bonds. The highest BCUT2D eigenvalue weighted by molar-refractivity contribution is 7.71. The number of carbonyl (C=O) groups is 1. The number of methoxy groups -OCH3 is 1. The van der Waals surface area contributed by atoms with Crippen molar-refractivity contribution in [3.05, 3.63) is 63.9 Å². The van der Waals surface area contributed by atoms with Crippen LogP contribution in [0.15, 0.2) is 48.5 Å². The van der Waals surface area contributed by atoms with Gasteiger partial charge < -0.3 is 10.1 Å². The molecule has 0 spiro atoms. The van der Waals surface area contributed by atoms with Gasteiger partial charge in [0.15, 0.2) is 10.6 Å². The number of amides is 1. The van der Waals surface area contributed by atoms with Gasteiger partial charge in [0.2, 0.25) is 5.91 Å². The summed E-state index contributed by atoms with van der Waals surface area (Å²) in [6.45, 7) is 0.494. The number of benzene rings is 2. The van der Waals surface area contributed by atoms with E-state index < -0.39 is 0 Å². The third kappa shape index (κ3) is 4.30. The van der Waals surface area contributed by atoms with Crippen LogP contribution in [0.2, 0.25) is 5.02 Å². The number of hydrogen-bond donors (Lipinski definition) is 2. The average molecular weight is 389 g/mol. The summed E-state index contributed by atoms with van der Waals surface area (Å²) >= 11 is 11.2. The van der Waals surface area contributed by atoms with Crippen LogP contribution < -0.4 is 10.1 Å². The summed E-state index contributed by atoms with van der Waals surface area (Å²) in [4.78, 5) is 12.3. The van der Waals surface area contributed by atoms with Crippen LogP contribution >= 0.6 is 23.8 Å². The Balaban J connectivity index is 1.68. The Morgan fingerprint density at radius 3 is 2.58 bits per heavy atom. The quantitative estimate of drug-likeness (QED) is 0.633. The Labute approximate surface area is 160 Å². The number of ether oxygens (including phenoxy) is 1. The van der Waals surface area contributed by atoms with Gasteiger partial charge in [-0.15, -0.1) is 0 Å². The summed E-state index contributed by atoms with van der Waals surface area (Å²) < 4.78 is 7.16. The first-order valence-corrected chi connectivity index (χ1v) is 8.66. The molecule has 0 atom stereocenters. The lowest BCUT2D eigenvalue weighted by Gasteiger charge is -2.09. The minimum Gasteiger partial charge on any atom is -0.497 e. The Bertz CT molecular complexity index is 949. The van der Waals surface area contributed by atoms with Crippen LogP contribution in [0.5, 0.6) is 5.75 Å². The largest absolute Gasteiger partial charge is 0.497 e. The Morgan fingerprint density at radius 1 is 1.23 bits per heavy atom. The molecule has 1 aromatic heterocycles. The third-order valence-electron chi connectivity index (χ3n) is 3.81. The summed E-state index contributed by atoms with van der Waals surface area (Å²) in [6.07, 6.45) is 0. The van der Waals surface area contributed by atoms with Crippen molar-refractivity contribution in [1.82, 2.24) is 20.1 Å². The fourth-order valence-corrected chi connectivity index (χ4v) is 2.75. The molecule has 0 fully saturated rings. The van der Waals surface area contributed by atoms with Crippen molar-refractivity contribution < 1.29 is 9.53 Å². The van der Waals surface area contributed by atoms with Crippen LogP contribution in [0.3, 0.4) is 0 Å². The van der Waals surface area contributed by atoms with E-state index in [-0.39, 0.29) is 12.5 Å². The number of halogens is 1. The van der Waals surface area contributed by atoms with Gasteiger partial charge in [0.25, 0.3) is 0 Å². The minimum absolute atomic E-state index is 0.0729. The lowest BCUT2D eigenvalue weighted by Crippen LogP contribution is -2.27. The standard InChI is InChI=1S/C18H17ClN4O2S/c1-25-15-8-2-12(3-9-15)10-20-16(24)11-23-17(21-22-18(23)26)13-4-6-14(19)7-5-13/h2-9H,10-11H2,1H3,(H,20,24)(H,22,26). The molecule has 0 bridgehead atoms. The van der Waals surface area contributed by atoms with Crippen LogP contribution in [0.25, 0.3) is 11.4 Å². The number of carbonyl (C=O) groups excluding carboxylic acids is 1. The molecule has 26 heavy (non-hydrogen) atoms. The van der Waals surface area contributed by atoms with E-state index in [2.05, 4.69) is 15.5 Å². The summed E-state index contributed by atoms with van der Waals surface area (Å²) in [5.74, 6) is 1.21. The van der Waals surface area contributed by atoms with Gasteiger partial charge in [-0.1, -0.05) is 23.7 Å². The highest BCUT2D eigenvalue weighted by atomic mass is 35.5. The number of nitrogens with zero attached hydrogens (tertiary/aromatic N) is 2. The van der Waals surface area contributed by atoms with Gasteiger partial charge >= 0.3 is 0 Å². The van der Waals surface area contributed by atoms with E-state index >= 15 is 0 Å². The van der Waals surface area contributed by atoms with Gasteiger partial charge in [0.1, 0.15) is 12.3 Å². The van der Waals surface area contributed by atoms with E-state index in [1.54, 1.807) is 23.8 Å². The Hall–Kier alpha value is -2.64. The van der Waals surface area contributed by atoms with Crippen LogP contribution in [-0.4, -0.2) is 27.8 Å². The van der Waals surface area contributed by atoms with Gasteiger partial charge in [0.05, 0.1) is 7.11 Å². The van der Waals surface area contributed by atoms with Crippen molar-refractivity contribution in [1.29, 1.82) is 0 Å². The topological polar surface area (TPSA) is 71.9 Å². The van der Waals surface area contributed by atoms with Crippen molar-refractivity contribution in [2.75, 3.05) is 7.11 Å². The minimum atomic E-state index is -0.159. The highest BCUT2D eigenvalue weighted by Gasteiger charge is 2.12. The van der Waals surface area contributed by atoms with E-state index in [0.717, 1.165) is 16.9 Å². The fourth-order valence-electron chi connectivity index (χ4n) is 2.43. The Morgan fingerprint density at radius 2 is 1.92 bits per heavy atom.